The molecule has 7 nitrogen and oxygen atoms in total. The van der Waals surface area contributed by atoms with Crippen LogP contribution in [0.25, 0.3) is 5.65 Å². The number of aromatic nitrogens is 3. The van der Waals surface area contributed by atoms with Gasteiger partial charge < -0.3 is 10.6 Å². The van der Waals surface area contributed by atoms with E-state index in [1.807, 2.05) is 41.1 Å². The number of rotatable bonds is 6. The van der Waals surface area contributed by atoms with E-state index in [0.717, 1.165) is 17.8 Å². The second kappa shape index (κ2) is 8.36. The molecule has 3 aromatic rings. The summed E-state index contributed by atoms with van der Waals surface area (Å²) in [4.78, 5) is 12.4. The lowest BCUT2D eigenvalue weighted by Gasteiger charge is -2.17. The smallest absolute Gasteiger partial charge is 0.319 e. The number of fused-ring (bicyclic) bond motifs is 1. The van der Waals surface area contributed by atoms with Crippen LogP contribution >= 0.6 is 11.8 Å². The van der Waals surface area contributed by atoms with Gasteiger partial charge in [-0.2, -0.15) is 17.0 Å². The molecule has 0 aliphatic carbocycles. The summed E-state index contributed by atoms with van der Waals surface area (Å²) in [6.07, 6.45) is 4.64. The van der Waals surface area contributed by atoms with E-state index >= 15 is 0 Å². The third-order valence-corrected chi connectivity index (χ3v) is 4.48. The molecule has 2 amide bonds. The second-order valence-electron chi connectivity index (χ2n) is 5.61. The van der Waals surface area contributed by atoms with Gasteiger partial charge in [-0.3, -0.25) is 4.40 Å². The van der Waals surface area contributed by atoms with Gasteiger partial charge in [-0.05, 0) is 54.8 Å². The van der Waals surface area contributed by atoms with Gasteiger partial charge in [0.25, 0.3) is 0 Å². The van der Waals surface area contributed by atoms with Crippen LogP contribution in [0.2, 0.25) is 0 Å². The van der Waals surface area contributed by atoms with E-state index in [-0.39, 0.29) is 12.1 Å². The first-order chi connectivity index (χ1) is 12.7. The molecular formula is C18H18N6OS. The molecule has 1 aromatic carbocycles. The number of carbonyl (C=O) groups excluding carboxylic acids is 1. The van der Waals surface area contributed by atoms with Crippen LogP contribution in [0.4, 0.5) is 10.5 Å². The summed E-state index contributed by atoms with van der Waals surface area (Å²) in [5, 5.41) is 23.0. The van der Waals surface area contributed by atoms with Crippen LogP contribution in [0.3, 0.4) is 0 Å². The number of carbonyl (C=O) groups is 1. The number of nitrogens with zero attached hydrogens (tertiary/aromatic N) is 4. The molecule has 0 spiro atoms. The van der Waals surface area contributed by atoms with Gasteiger partial charge in [-0.1, -0.05) is 6.07 Å². The van der Waals surface area contributed by atoms with Gasteiger partial charge in [0.2, 0.25) is 0 Å². The molecule has 3 rings (SSSR count). The fraction of sp³-hybridized carbons (Fsp3) is 0.222. The van der Waals surface area contributed by atoms with Crippen molar-refractivity contribution in [3.8, 4) is 6.07 Å². The third kappa shape index (κ3) is 4.13. The maximum Gasteiger partial charge on any atom is 0.319 e. The molecule has 2 heterocycles. The van der Waals surface area contributed by atoms with E-state index in [0.29, 0.717) is 17.1 Å². The van der Waals surface area contributed by atoms with Crippen molar-refractivity contribution in [2.75, 3.05) is 17.3 Å². The Hall–Kier alpha value is -3.05. The summed E-state index contributed by atoms with van der Waals surface area (Å²) in [7, 11) is 0. The van der Waals surface area contributed by atoms with Crippen molar-refractivity contribution in [2.24, 2.45) is 0 Å². The Balaban J connectivity index is 1.75. The zero-order chi connectivity index (χ0) is 18.4. The molecule has 132 valence electrons. The van der Waals surface area contributed by atoms with Crippen molar-refractivity contribution < 1.29 is 4.79 Å². The highest BCUT2D eigenvalue weighted by molar-refractivity contribution is 7.98. The number of hydrogen-bond acceptors (Lipinski definition) is 5. The van der Waals surface area contributed by atoms with Gasteiger partial charge in [0.05, 0.1) is 17.7 Å². The summed E-state index contributed by atoms with van der Waals surface area (Å²) in [5.41, 5.74) is 1.91. The molecule has 2 N–H and O–H groups in total. The zero-order valence-corrected chi connectivity index (χ0v) is 15.0. The second-order valence-corrected chi connectivity index (χ2v) is 6.59. The summed E-state index contributed by atoms with van der Waals surface area (Å²) >= 11 is 1.71. The van der Waals surface area contributed by atoms with E-state index in [2.05, 4.69) is 20.8 Å². The van der Waals surface area contributed by atoms with Crippen LogP contribution in [-0.2, 0) is 0 Å². The molecule has 0 aliphatic rings. The van der Waals surface area contributed by atoms with E-state index in [9.17, 15) is 4.79 Å². The topological polar surface area (TPSA) is 95.1 Å². The molecule has 0 saturated heterocycles. The Morgan fingerprint density at radius 1 is 1.27 bits per heavy atom. The van der Waals surface area contributed by atoms with Crippen molar-refractivity contribution in [3.05, 3.63) is 60.0 Å². The minimum Gasteiger partial charge on any atom is -0.328 e. The van der Waals surface area contributed by atoms with Crippen LogP contribution in [0.1, 0.15) is 23.9 Å². The third-order valence-electron chi connectivity index (χ3n) is 3.84. The molecule has 0 saturated carbocycles. The summed E-state index contributed by atoms with van der Waals surface area (Å²) < 4.78 is 1.88. The Labute approximate surface area is 155 Å². The SMILES string of the molecule is CSCCC(NC(=O)Nc1ccc(C#N)cc1)c1nnc2ccccn12. The first-order valence-corrected chi connectivity index (χ1v) is 9.47. The zero-order valence-electron chi connectivity index (χ0n) is 14.2. The van der Waals surface area contributed by atoms with Gasteiger partial charge in [-0.15, -0.1) is 10.2 Å². The number of amides is 2. The monoisotopic (exact) mass is 366 g/mol. The number of urea groups is 1. The minimum absolute atomic E-state index is 0.266. The van der Waals surface area contributed by atoms with Crippen LogP contribution < -0.4 is 10.6 Å². The molecule has 1 atom stereocenters. The fourth-order valence-electron chi connectivity index (χ4n) is 2.55. The van der Waals surface area contributed by atoms with Crippen LogP contribution in [0.5, 0.6) is 0 Å². The number of anilines is 1. The number of thioether (sulfide) groups is 1. The van der Waals surface area contributed by atoms with E-state index in [1.54, 1.807) is 36.0 Å². The normalized spacial score (nSPS) is 11.7. The van der Waals surface area contributed by atoms with Gasteiger partial charge >= 0.3 is 6.03 Å². The highest BCUT2D eigenvalue weighted by Gasteiger charge is 2.20. The fourth-order valence-corrected chi connectivity index (χ4v) is 3.02. The average molecular weight is 366 g/mol. The van der Waals surface area contributed by atoms with Crippen LogP contribution in [0.15, 0.2) is 48.7 Å². The maximum atomic E-state index is 12.4. The number of nitriles is 1. The molecule has 1 unspecified atom stereocenters. The Bertz CT molecular complexity index is 931. The van der Waals surface area contributed by atoms with Crippen molar-refractivity contribution in [2.45, 2.75) is 12.5 Å². The van der Waals surface area contributed by atoms with E-state index < -0.39 is 0 Å². The lowest BCUT2D eigenvalue weighted by molar-refractivity contribution is 0.247. The van der Waals surface area contributed by atoms with Crippen molar-refractivity contribution in [1.82, 2.24) is 19.9 Å². The number of nitrogens with one attached hydrogen (secondary N) is 2. The first kappa shape index (κ1) is 17.8. The van der Waals surface area contributed by atoms with Crippen molar-refractivity contribution >= 4 is 29.1 Å². The summed E-state index contributed by atoms with van der Waals surface area (Å²) in [5.74, 6) is 1.58. The van der Waals surface area contributed by atoms with E-state index in [1.165, 1.54) is 0 Å². The quantitative estimate of drug-likeness (QED) is 0.698. The van der Waals surface area contributed by atoms with E-state index in [4.69, 9.17) is 5.26 Å². The lowest BCUT2D eigenvalue weighted by atomic mass is 10.2. The molecule has 2 aromatic heterocycles. The van der Waals surface area contributed by atoms with Gasteiger partial charge in [-0.25, -0.2) is 4.79 Å². The average Bonchev–Trinajstić information content (AvgIpc) is 3.10. The largest absolute Gasteiger partial charge is 0.328 e. The predicted molar refractivity (Wildman–Crippen MR) is 102 cm³/mol. The van der Waals surface area contributed by atoms with Gasteiger partial charge in [0.1, 0.15) is 0 Å². The molecule has 0 bridgehead atoms. The summed E-state index contributed by atoms with van der Waals surface area (Å²) in [6.45, 7) is 0. The van der Waals surface area contributed by atoms with Gasteiger partial charge in [0.15, 0.2) is 11.5 Å². The maximum absolute atomic E-state index is 12.4. The van der Waals surface area contributed by atoms with Crippen molar-refractivity contribution in [3.63, 3.8) is 0 Å². The Morgan fingerprint density at radius 2 is 2.08 bits per heavy atom. The highest BCUT2D eigenvalue weighted by Crippen LogP contribution is 2.18. The predicted octanol–water partition coefficient (Wildman–Crippen LogP) is 3.22. The molecule has 0 fully saturated rings. The lowest BCUT2D eigenvalue weighted by Crippen LogP contribution is -2.34. The first-order valence-electron chi connectivity index (χ1n) is 8.07. The Morgan fingerprint density at radius 3 is 2.81 bits per heavy atom. The van der Waals surface area contributed by atoms with Gasteiger partial charge in [0, 0.05) is 11.9 Å². The molecular weight excluding hydrogens is 348 g/mol. The molecule has 0 aliphatic heterocycles. The number of benzene rings is 1. The highest BCUT2D eigenvalue weighted by atomic mass is 32.2. The standard InChI is InChI=1S/C18H18N6OS/c1-26-11-9-15(17-23-22-16-4-2-3-10-24(16)17)21-18(25)20-14-7-5-13(12-19)6-8-14/h2-8,10,15H,9,11H2,1H3,(H2,20,21,25). The minimum atomic E-state index is -0.325. The van der Waals surface area contributed by atoms with Crippen molar-refractivity contribution in [1.29, 1.82) is 5.26 Å². The number of hydrogen-bond donors (Lipinski definition) is 2. The number of pyridine rings is 1. The van der Waals surface area contributed by atoms with Crippen LogP contribution in [-0.4, -0.2) is 32.6 Å². The van der Waals surface area contributed by atoms with Crippen LogP contribution in [0, 0.1) is 11.3 Å². The molecule has 26 heavy (non-hydrogen) atoms. The molecule has 8 heteroatoms. The summed E-state index contributed by atoms with van der Waals surface area (Å²) in [6, 6.07) is 13.8. The molecule has 0 radical (unpaired) electrons. The Kier molecular flexibility index (Phi) is 5.71.